The third-order valence-corrected chi connectivity index (χ3v) is 4.08. The molecule has 2 rings (SSSR count). The van der Waals surface area contributed by atoms with E-state index in [0.29, 0.717) is 12.1 Å². The van der Waals surface area contributed by atoms with Gasteiger partial charge in [-0.2, -0.15) is 0 Å². The Kier molecular flexibility index (Phi) is 4.85. The minimum Gasteiger partial charge on any atom is -0.392 e. The van der Waals surface area contributed by atoms with Crippen LogP contribution in [0.4, 0.5) is 0 Å². The summed E-state index contributed by atoms with van der Waals surface area (Å²) in [5, 5.41) is 13.6. The van der Waals surface area contributed by atoms with Crippen LogP contribution in [0.15, 0.2) is 0 Å². The zero-order valence-electron chi connectivity index (χ0n) is 10.6. The molecule has 0 bridgehead atoms. The summed E-state index contributed by atoms with van der Waals surface area (Å²) in [7, 11) is 0. The van der Waals surface area contributed by atoms with E-state index in [0.717, 1.165) is 45.3 Å². The molecule has 0 aromatic rings. The number of hydrogen-bond acceptors (Lipinski definition) is 3. The maximum absolute atomic E-state index is 9.94. The van der Waals surface area contributed by atoms with Crippen molar-refractivity contribution in [1.82, 2.24) is 10.2 Å². The number of aliphatic hydroxyl groups excluding tert-OH is 1. The molecule has 0 aromatic heterocycles. The van der Waals surface area contributed by atoms with E-state index in [1.54, 1.807) is 0 Å². The highest BCUT2D eigenvalue weighted by atomic mass is 16.3. The fraction of sp³-hybridized carbons (Fsp3) is 0.857. The van der Waals surface area contributed by atoms with Crippen molar-refractivity contribution in [2.75, 3.05) is 19.6 Å². The van der Waals surface area contributed by atoms with Gasteiger partial charge in [0.05, 0.1) is 12.6 Å². The summed E-state index contributed by atoms with van der Waals surface area (Å²) in [4.78, 5) is 2.33. The van der Waals surface area contributed by atoms with Crippen molar-refractivity contribution < 1.29 is 5.11 Å². The highest BCUT2D eigenvalue weighted by Gasteiger charge is 2.27. The van der Waals surface area contributed by atoms with Crippen LogP contribution >= 0.6 is 0 Å². The lowest BCUT2D eigenvalue weighted by molar-refractivity contribution is 0.0774. The minimum absolute atomic E-state index is 0.132. The molecule has 1 heterocycles. The zero-order valence-corrected chi connectivity index (χ0v) is 10.6. The molecule has 0 amide bonds. The number of likely N-dealkylation sites (tertiary alicyclic amines) is 1. The average molecular weight is 236 g/mol. The van der Waals surface area contributed by atoms with Crippen molar-refractivity contribution in [3.63, 3.8) is 0 Å². The molecule has 0 spiro atoms. The quantitative estimate of drug-likeness (QED) is 0.717. The van der Waals surface area contributed by atoms with E-state index in [1.165, 1.54) is 12.8 Å². The second-order valence-corrected chi connectivity index (χ2v) is 5.38. The molecule has 1 saturated heterocycles. The van der Waals surface area contributed by atoms with Crippen LogP contribution in [-0.4, -0.2) is 47.8 Å². The molecule has 2 aliphatic rings. The fourth-order valence-corrected chi connectivity index (χ4v) is 3.00. The van der Waals surface area contributed by atoms with E-state index < -0.39 is 0 Å². The lowest BCUT2D eigenvalue weighted by Gasteiger charge is -2.36. The Morgan fingerprint density at radius 3 is 2.53 bits per heavy atom. The predicted molar refractivity (Wildman–Crippen MR) is 69.7 cm³/mol. The third-order valence-electron chi connectivity index (χ3n) is 4.08. The Labute approximate surface area is 105 Å². The lowest BCUT2D eigenvalue weighted by Crippen LogP contribution is -2.50. The molecule has 1 aliphatic carbocycles. The van der Waals surface area contributed by atoms with Crippen molar-refractivity contribution in [3.05, 3.63) is 0 Å². The Morgan fingerprint density at radius 1 is 1.18 bits per heavy atom. The highest BCUT2D eigenvalue weighted by Crippen LogP contribution is 2.20. The van der Waals surface area contributed by atoms with E-state index in [2.05, 4.69) is 16.1 Å². The second kappa shape index (κ2) is 6.39. The third kappa shape index (κ3) is 3.70. The van der Waals surface area contributed by atoms with Gasteiger partial charge in [0.15, 0.2) is 0 Å². The Bertz CT molecular complexity index is 266. The predicted octanol–water partition coefficient (Wildman–Crippen LogP) is 0.977. The molecule has 2 N–H and O–H groups in total. The molecule has 3 heteroatoms. The second-order valence-electron chi connectivity index (χ2n) is 5.38. The lowest BCUT2D eigenvalue weighted by atomic mass is 9.91. The number of aliphatic hydroxyl groups is 1. The van der Waals surface area contributed by atoms with Gasteiger partial charge in [0.25, 0.3) is 0 Å². The van der Waals surface area contributed by atoms with Gasteiger partial charge in [0.1, 0.15) is 0 Å². The molecule has 0 aromatic carbocycles. The Balaban J connectivity index is 1.72. The molecule has 17 heavy (non-hydrogen) atoms. The van der Waals surface area contributed by atoms with Gasteiger partial charge in [0.2, 0.25) is 0 Å². The summed E-state index contributed by atoms with van der Waals surface area (Å²) in [5.74, 6) is 2.71. The Hall–Kier alpha value is -0.560. The monoisotopic (exact) mass is 236 g/mol. The smallest absolute Gasteiger partial charge is 0.0693 e. The van der Waals surface area contributed by atoms with Gasteiger partial charge in [-0.15, -0.1) is 6.42 Å². The van der Waals surface area contributed by atoms with Gasteiger partial charge < -0.3 is 10.4 Å². The molecule has 2 atom stereocenters. The van der Waals surface area contributed by atoms with Gasteiger partial charge in [-0.25, -0.2) is 0 Å². The normalized spacial score (nSPS) is 32.2. The van der Waals surface area contributed by atoms with E-state index in [9.17, 15) is 5.11 Å². The minimum atomic E-state index is -0.132. The first-order chi connectivity index (χ1) is 8.29. The first kappa shape index (κ1) is 12.9. The fourth-order valence-electron chi connectivity index (χ4n) is 3.00. The van der Waals surface area contributed by atoms with Crippen LogP contribution in [0.5, 0.6) is 0 Å². The van der Waals surface area contributed by atoms with Crippen molar-refractivity contribution in [1.29, 1.82) is 0 Å². The van der Waals surface area contributed by atoms with Crippen LogP contribution in [-0.2, 0) is 0 Å². The molecule has 3 nitrogen and oxygen atoms in total. The number of rotatable bonds is 3. The van der Waals surface area contributed by atoms with Gasteiger partial charge in [-0.05, 0) is 25.7 Å². The van der Waals surface area contributed by atoms with Crippen molar-refractivity contribution in [2.24, 2.45) is 0 Å². The zero-order chi connectivity index (χ0) is 12.1. The first-order valence-corrected chi connectivity index (χ1v) is 6.89. The van der Waals surface area contributed by atoms with Crippen LogP contribution in [0.1, 0.15) is 38.5 Å². The maximum Gasteiger partial charge on any atom is 0.0693 e. The van der Waals surface area contributed by atoms with Gasteiger partial charge in [-0.1, -0.05) is 18.8 Å². The SMILES string of the molecule is C#CCN1CCC(NC2CCCCC2O)CC1. The maximum atomic E-state index is 9.94. The molecule has 0 radical (unpaired) electrons. The number of nitrogens with one attached hydrogen (secondary N) is 1. The topological polar surface area (TPSA) is 35.5 Å². The van der Waals surface area contributed by atoms with Crippen molar-refractivity contribution >= 4 is 0 Å². The largest absolute Gasteiger partial charge is 0.392 e. The van der Waals surface area contributed by atoms with Gasteiger partial charge >= 0.3 is 0 Å². The number of piperidine rings is 1. The standard InChI is InChI=1S/C14H24N2O/c1-2-9-16-10-7-12(8-11-16)15-13-5-3-4-6-14(13)17/h1,12-15,17H,3-11H2. The number of nitrogens with zero attached hydrogens (tertiary/aromatic N) is 1. The van der Waals surface area contributed by atoms with Gasteiger partial charge in [-0.3, -0.25) is 4.90 Å². The van der Waals surface area contributed by atoms with E-state index in [1.807, 2.05) is 0 Å². The average Bonchev–Trinajstić information content (AvgIpc) is 2.35. The number of terminal acetylenes is 1. The van der Waals surface area contributed by atoms with Crippen LogP contribution in [0.2, 0.25) is 0 Å². The molecule has 1 aliphatic heterocycles. The summed E-state index contributed by atoms with van der Waals surface area (Å²) in [6.07, 6.45) is 12.0. The summed E-state index contributed by atoms with van der Waals surface area (Å²) in [6, 6.07) is 0.898. The molecule has 2 unspecified atom stereocenters. The molecule has 96 valence electrons. The van der Waals surface area contributed by atoms with Crippen molar-refractivity contribution in [3.8, 4) is 12.3 Å². The van der Waals surface area contributed by atoms with Crippen LogP contribution in [0.3, 0.4) is 0 Å². The van der Waals surface area contributed by atoms with E-state index in [-0.39, 0.29) is 6.10 Å². The van der Waals surface area contributed by atoms with E-state index in [4.69, 9.17) is 6.42 Å². The molecule has 2 fully saturated rings. The number of hydrogen-bond donors (Lipinski definition) is 2. The Morgan fingerprint density at radius 2 is 1.88 bits per heavy atom. The first-order valence-electron chi connectivity index (χ1n) is 6.89. The van der Waals surface area contributed by atoms with Crippen LogP contribution in [0, 0.1) is 12.3 Å². The van der Waals surface area contributed by atoms with Crippen LogP contribution in [0.25, 0.3) is 0 Å². The molecular formula is C14H24N2O. The molecule has 1 saturated carbocycles. The van der Waals surface area contributed by atoms with E-state index >= 15 is 0 Å². The van der Waals surface area contributed by atoms with Gasteiger partial charge in [0, 0.05) is 25.2 Å². The molecular weight excluding hydrogens is 212 g/mol. The summed E-state index contributed by atoms with van der Waals surface area (Å²) in [6.45, 7) is 2.95. The highest BCUT2D eigenvalue weighted by molar-refractivity contribution is 4.91. The van der Waals surface area contributed by atoms with Crippen molar-refractivity contribution in [2.45, 2.75) is 56.7 Å². The summed E-state index contributed by atoms with van der Waals surface area (Å²) >= 11 is 0. The summed E-state index contributed by atoms with van der Waals surface area (Å²) in [5.41, 5.74) is 0. The van der Waals surface area contributed by atoms with Crippen LogP contribution < -0.4 is 5.32 Å². The summed E-state index contributed by atoms with van der Waals surface area (Å²) < 4.78 is 0.